The summed E-state index contributed by atoms with van der Waals surface area (Å²) in [6.45, 7) is 5.46. The van der Waals surface area contributed by atoms with E-state index in [1.807, 2.05) is 0 Å². The number of aryl methyl sites for hydroxylation is 2. The lowest BCUT2D eigenvalue weighted by Crippen LogP contribution is -2.21. The van der Waals surface area contributed by atoms with Crippen LogP contribution in [0.5, 0.6) is 0 Å². The summed E-state index contributed by atoms with van der Waals surface area (Å²) in [5.74, 6) is 0. The number of carbonyl (C=O) groups is 2. The summed E-state index contributed by atoms with van der Waals surface area (Å²) in [5, 5.41) is 18.7. The number of ether oxygens (including phenoxy) is 1. The molecule has 0 radical (unpaired) electrons. The molecule has 0 aliphatic heterocycles. The summed E-state index contributed by atoms with van der Waals surface area (Å²) in [7, 11) is 0. The Morgan fingerprint density at radius 2 is 1.59 bits per heavy atom. The molecule has 0 heterocycles. The van der Waals surface area contributed by atoms with Gasteiger partial charge in [-0.25, -0.2) is 9.59 Å². The Balaban J connectivity index is 2.12. The van der Waals surface area contributed by atoms with Crippen LogP contribution in [0.15, 0.2) is 36.4 Å². The number of nitro benzene ring substituents is 1. The van der Waals surface area contributed by atoms with Crippen LogP contribution in [0, 0.1) is 24.0 Å². The van der Waals surface area contributed by atoms with Gasteiger partial charge in [0, 0.05) is 23.5 Å². The number of rotatable bonds is 5. The standard InChI is InChI=1S/C18H20N4O5/c1-4-27-18(24)19-13-7-5-11(2)15(9-13)20-17(23)21-16-10-14(22(25)26)8-6-12(16)3/h5-10H,4H2,1-3H3,(H,19,24)(H2,20,21,23). The highest BCUT2D eigenvalue weighted by Crippen LogP contribution is 2.24. The smallest absolute Gasteiger partial charge is 0.411 e. The van der Waals surface area contributed by atoms with Crippen LogP contribution in [-0.2, 0) is 4.74 Å². The summed E-state index contributed by atoms with van der Waals surface area (Å²) in [5.41, 5.74) is 2.61. The highest BCUT2D eigenvalue weighted by molar-refractivity contribution is 6.01. The molecule has 3 N–H and O–H groups in total. The number of nitro groups is 1. The number of hydrogen-bond acceptors (Lipinski definition) is 5. The van der Waals surface area contributed by atoms with Crippen molar-refractivity contribution in [1.29, 1.82) is 0 Å². The minimum absolute atomic E-state index is 0.118. The van der Waals surface area contributed by atoms with E-state index < -0.39 is 17.0 Å². The second kappa shape index (κ2) is 8.65. The molecule has 2 aromatic carbocycles. The van der Waals surface area contributed by atoms with Crippen molar-refractivity contribution in [2.24, 2.45) is 0 Å². The third-order valence-corrected chi connectivity index (χ3v) is 3.69. The van der Waals surface area contributed by atoms with Crippen molar-refractivity contribution in [3.05, 3.63) is 57.6 Å². The second-order valence-electron chi connectivity index (χ2n) is 5.71. The number of non-ortho nitro benzene ring substituents is 1. The number of amides is 3. The summed E-state index contributed by atoms with van der Waals surface area (Å²) >= 11 is 0. The molecule has 2 rings (SSSR count). The average Bonchev–Trinajstić information content (AvgIpc) is 2.59. The number of hydrogen-bond donors (Lipinski definition) is 3. The van der Waals surface area contributed by atoms with Crippen LogP contribution in [0.1, 0.15) is 18.1 Å². The summed E-state index contributed by atoms with van der Waals surface area (Å²) < 4.78 is 4.81. The van der Waals surface area contributed by atoms with E-state index >= 15 is 0 Å². The van der Waals surface area contributed by atoms with Crippen LogP contribution in [0.3, 0.4) is 0 Å². The molecule has 0 spiro atoms. The molecule has 0 saturated heterocycles. The molecule has 0 atom stereocenters. The van der Waals surface area contributed by atoms with E-state index in [2.05, 4.69) is 16.0 Å². The van der Waals surface area contributed by atoms with Crippen molar-refractivity contribution in [3.63, 3.8) is 0 Å². The Hall–Kier alpha value is -3.62. The molecule has 0 aliphatic rings. The Morgan fingerprint density at radius 1 is 1.00 bits per heavy atom. The van der Waals surface area contributed by atoms with Gasteiger partial charge in [-0.3, -0.25) is 15.4 Å². The number of carbonyl (C=O) groups excluding carboxylic acids is 2. The average molecular weight is 372 g/mol. The van der Waals surface area contributed by atoms with Crippen molar-refractivity contribution in [3.8, 4) is 0 Å². The zero-order valence-corrected chi connectivity index (χ0v) is 15.2. The first-order valence-corrected chi connectivity index (χ1v) is 8.17. The highest BCUT2D eigenvalue weighted by Gasteiger charge is 2.12. The fraction of sp³-hybridized carbons (Fsp3) is 0.222. The molecule has 142 valence electrons. The van der Waals surface area contributed by atoms with E-state index in [-0.39, 0.29) is 12.3 Å². The minimum atomic E-state index is -0.594. The summed E-state index contributed by atoms with van der Waals surface area (Å²) in [6.07, 6.45) is -0.594. The fourth-order valence-corrected chi connectivity index (χ4v) is 2.25. The van der Waals surface area contributed by atoms with Gasteiger partial charge in [0.15, 0.2) is 0 Å². The van der Waals surface area contributed by atoms with Crippen molar-refractivity contribution < 1.29 is 19.2 Å². The van der Waals surface area contributed by atoms with Crippen molar-refractivity contribution >= 4 is 34.9 Å². The van der Waals surface area contributed by atoms with Crippen LogP contribution in [-0.4, -0.2) is 23.7 Å². The summed E-state index contributed by atoms with van der Waals surface area (Å²) in [4.78, 5) is 34.2. The Labute approximate surface area is 155 Å². The molecule has 3 amide bonds. The first-order valence-electron chi connectivity index (χ1n) is 8.17. The Kier molecular flexibility index (Phi) is 6.32. The lowest BCUT2D eigenvalue weighted by atomic mass is 10.1. The molecule has 0 aliphatic carbocycles. The van der Waals surface area contributed by atoms with Gasteiger partial charge in [-0.1, -0.05) is 12.1 Å². The normalized spacial score (nSPS) is 10.0. The van der Waals surface area contributed by atoms with E-state index in [1.54, 1.807) is 45.0 Å². The maximum atomic E-state index is 12.3. The van der Waals surface area contributed by atoms with E-state index in [9.17, 15) is 19.7 Å². The third-order valence-electron chi connectivity index (χ3n) is 3.69. The van der Waals surface area contributed by atoms with Gasteiger partial charge in [-0.05, 0) is 44.0 Å². The SMILES string of the molecule is CCOC(=O)Nc1ccc(C)c(NC(=O)Nc2cc([N+](=O)[O-])ccc2C)c1. The van der Waals surface area contributed by atoms with Crippen LogP contribution in [0.4, 0.5) is 32.3 Å². The molecular weight excluding hydrogens is 352 g/mol. The molecule has 0 aromatic heterocycles. The maximum absolute atomic E-state index is 12.3. The number of urea groups is 1. The largest absolute Gasteiger partial charge is 0.450 e. The van der Waals surface area contributed by atoms with Crippen molar-refractivity contribution in [2.45, 2.75) is 20.8 Å². The fourth-order valence-electron chi connectivity index (χ4n) is 2.25. The molecule has 9 nitrogen and oxygen atoms in total. The van der Waals surface area contributed by atoms with Gasteiger partial charge in [-0.15, -0.1) is 0 Å². The Bertz CT molecular complexity index is 882. The molecule has 9 heteroatoms. The molecule has 0 fully saturated rings. The van der Waals surface area contributed by atoms with E-state index in [1.165, 1.54) is 12.1 Å². The summed E-state index contributed by atoms with van der Waals surface area (Å²) in [6, 6.07) is 8.66. The van der Waals surface area contributed by atoms with Gasteiger partial charge < -0.3 is 15.4 Å². The monoisotopic (exact) mass is 372 g/mol. The molecule has 27 heavy (non-hydrogen) atoms. The molecule has 0 bridgehead atoms. The molecular formula is C18H20N4O5. The van der Waals surface area contributed by atoms with Gasteiger partial charge in [0.05, 0.1) is 17.2 Å². The number of benzene rings is 2. The van der Waals surface area contributed by atoms with E-state index in [4.69, 9.17) is 4.74 Å². The maximum Gasteiger partial charge on any atom is 0.411 e. The number of nitrogens with one attached hydrogen (secondary N) is 3. The highest BCUT2D eigenvalue weighted by atomic mass is 16.6. The van der Waals surface area contributed by atoms with Gasteiger partial charge in [0.2, 0.25) is 0 Å². The van der Waals surface area contributed by atoms with Gasteiger partial charge in [0.1, 0.15) is 0 Å². The Morgan fingerprint density at radius 3 is 2.19 bits per heavy atom. The topological polar surface area (TPSA) is 123 Å². The first kappa shape index (κ1) is 19.7. The van der Waals surface area contributed by atoms with Crippen molar-refractivity contribution in [2.75, 3.05) is 22.6 Å². The van der Waals surface area contributed by atoms with Crippen LogP contribution >= 0.6 is 0 Å². The van der Waals surface area contributed by atoms with Gasteiger partial charge >= 0.3 is 12.1 Å². The minimum Gasteiger partial charge on any atom is -0.450 e. The van der Waals surface area contributed by atoms with Crippen molar-refractivity contribution in [1.82, 2.24) is 0 Å². The first-order chi connectivity index (χ1) is 12.8. The number of anilines is 3. The molecule has 2 aromatic rings. The lowest BCUT2D eigenvalue weighted by Gasteiger charge is -2.13. The number of nitrogens with zero attached hydrogens (tertiary/aromatic N) is 1. The lowest BCUT2D eigenvalue weighted by molar-refractivity contribution is -0.384. The van der Waals surface area contributed by atoms with Crippen LogP contribution in [0.2, 0.25) is 0 Å². The predicted octanol–water partition coefficient (Wildman–Crippen LogP) is 4.42. The third kappa shape index (κ3) is 5.43. The van der Waals surface area contributed by atoms with E-state index in [0.717, 1.165) is 5.56 Å². The van der Waals surface area contributed by atoms with Gasteiger partial charge in [0.25, 0.3) is 5.69 Å². The quantitative estimate of drug-likeness (QED) is 0.529. The predicted molar refractivity (Wildman–Crippen MR) is 102 cm³/mol. The van der Waals surface area contributed by atoms with Gasteiger partial charge in [-0.2, -0.15) is 0 Å². The zero-order valence-electron chi connectivity index (χ0n) is 15.2. The molecule has 0 saturated carbocycles. The second-order valence-corrected chi connectivity index (χ2v) is 5.71. The zero-order chi connectivity index (χ0) is 20.0. The van der Waals surface area contributed by atoms with Crippen LogP contribution < -0.4 is 16.0 Å². The molecule has 0 unspecified atom stereocenters. The van der Waals surface area contributed by atoms with E-state index in [0.29, 0.717) is 22.6 Å². The van der Waals surface area contributed by atoms with Crippen LogP contribution in [0.25, 0.3) is 0 Å².